The monoisotopic (exact) mass is 191 g/mol. The van der Waals surface area contributed by atoms with Crippen LogP contribution in [-0.4, -0.2) is 30.1 Å². The summed E-state index contributed by atoms with van der Waals surface area (Å²) in [4.78, 5) is 45.6. The zero-order valence-electron chi connectivity index (χ0n) is 6.97. The maximum atomic E-state index is 10.6. The molecule has 0 N–H and O–H groups in total. The second-order valence-electron chi connectivity index (χ2n) is 2.40. The maximum absolute atomic E-state index is 10.6. The third kappa shape index (κ3) is 1.47. The van der Waals surface area contributed by atoms with Crippen molar-refractivity contribution >= 4 is 25.1 Å². The van der Waals surface area contributed by atoms with Crippen molar-refractivity contribution in [1.82, 2.24) is 4.98 Å². The molecule has 1 aromatic heterocycles. The lowest BCUT2D eigenvalue weighted by Gasteiger charge is -2.01. The highest BCUT2D eigenvalue weighted by Gasteiger charge is 2.12. The quantitative estimate of drug-likeness (QED) is 0.640. The van der Waals surface area contributed by atoms with Gasteiger partial charge in [-0.3, -0.25) is 24.2 Å². The Balaban J connectivity index is 3.58. The van der Waals surface area contributed by atoms with Gasteiger partial charge in [0.1, 0.15) is 5.69 Å². The summed E-state index contributed by atoms with van der Waals surface area (Å²) >= 11 is 0. The standard InChI is InChI=1S/C9H5NO4/c11-2-6-1-10-9(5-14)8(4-13)7(6)3-12/h1-5H. The van der Waals surface area contributed by atoms with Gasteiger partial charge in [-0.2, -0.15) is 0 Å². The zero-order chi connectivity index (χ0) is 10.6. The molecule has 0 aliphatic carbocycles. The molecule has 14 heavy (non-hydrogen) atoms. The number of aromatic nitrogens is 1. The van der Waals surface area contributed by atoms with E-state index in [9.17, 15) is 19.2 Å². The van der Waals surface area contributed by atoms with Crippen LogP contribution in [0.4, 0.5) is 0 Å². The molecule has 0 atom stereocenters. The molecule has 0 aromatic carbocycles. The number of aldehydes is 4. The first-order chi connectivity index (χ1) is 6.78. The molecule has 0 saturated carbocycles. The third-order valence-electron chi connectivity index (χ3n) is 1.69. The van der Waals surface area contributed by atoms with Gasteiger partial charge in [-0.05, 0) is 0 Å². The van der Waals surface area contributed by atoms with E-state index in [0.717, 1.165) is 6.20 Å². The Kier molecular flexibility index (Phi) is 2.96. The summed E-state index contributed by atoms with van der Waals surface area (Å²) < 4.78 is 0. The lowest BCUT2D eigenvalue weighted by atomic mass is 10.0. The van der Waals surface area contributed by atoms with Gasteiger partial charge in [-0.1, -0.05) is 0 Å². The van der Waals surface area contributed by atoms with Gasteiger partial charge in [-0.25, -0.2) is 0 Å². The van der Waals surface area contributed by atoms with E-state index < -0.39 is 0 Å². The Morgan fingerprint density at radius 2 is 1.50 bits per heavy atom. The Hall–Kier alpha value is -2.17. The first-order valence-corrected chi connectivity index (χ1v) is 3.62. The molecule has 0 spiro atoms. The van der Waals surface area contributed by atoms with Crippen LogP contribution in [0.3, 0.4) is 0 Å². The molecular weight excluding hydrogens is 186 g/mol. The van der Waals surface area contributed by atoms with Gasteiger partial charge < -0.3 is 0 Å². The minimum Gasteiger partial charge on any atom is -0.298 e. The summed E-state index contributed by atoms with van der Waals surface area (Å²) in [6.45, 7) is 0. The molecular formula is C9H5NO4. The molecule has 5 nitrogen and oxygen atoms in total. The lowest BCUT2D eigenvalue weighted by molar-refractivity contribution is 0.107. The molecule has 1 aromatic rings. The number of hydrogen-bond acceptors (Lipinski definition) is 5. The number of carbonyl (C=O) groups excluding carboxylic acids is 4. The van der Waals surface area contributed by atoms with Crippen molar-refractivity contribution in [2.24, 2.45) is 0 Å². The zero-order valence-corrected chi connectivity index (χ0v) is 6.97. The first kappa shape index (κ1) is 9.91. The average Bonchev–Trinajstić information content (AvgIpc) is 2.26. The minimum atomic E-state index is -0.153. The van der Waals surface area contributed by atoms with E-state index in [0.29, 0.717) is 25.1 Å². The van der Waals surface area contributed by atoms with Crippen LogP contribution in [0, 0.1) is 0 Å². The van der Waals surface area contributed by atoms with Crippen LogP contribution < -0.4 is 0 Å². The molecule has 0 radical (unpaired) electrons. The summed E-state index contributed by atoms with van der Waals surface area (Å²) in [6.07, 6.45) is 2.51. The van der Waals surface area contributed by atoms with Crippen LogP contribution in [0.5, 0.6) is 0 Å². The van der Waals surface area contributed by atoms with E-state index in [2.05, 4.69) is 4.98 Å². The fraction of sp³-hybridized carbons (Fsp3) is 0. The summed E-state index contributed by atoms with van der Waals surface area (Å²) in [6, 6.07) is 0. The normalized spacial score (nSPS) is 9.14. The number of carbonyl (C=O) groups is 4. The molecule has 0 aliphatic heterocycles. The Morgan fingerprint density at radius 3 is 1.93 bits per heavy atom. The van der Waals surface area contributed by atoms with E-state index in [1.807, 2.05) is 0 Å². The van der Waals surface area contributed by atoms with Crippen molar-refractivity contribution in [3.05, 3.63) is 28.6 Å². The summed E-state index contributed by atoms with van der Waals surface area (Å²) in [7, 11) is 0. The van der Waals surface area contributed by atoms with E-state index in [-0.39, 0.29) is 22.4 Å². The number of nitrogens with zero attached hydrogens (tertiary/aromatic N) is 1. The van der Waals surface area contributed by atoms with Crippen molar-refractivity contribution in [3.63, 3.8) is 0 Å². The SMILES string of the molecule is O=Cc1cnc(C=O)c(C=O)c1C=O. The van der Waals surface area contributed by atoms with Crippen molar-refractivity contribution in [2.75, 3.05) is 0 Å². The second-order valence-corrected chi connectivity index (χ2v) is 2.40. The molecule has 1 rings (SSSR count). The van der Waals surface area contributed by atoms with Gasteiger partial charge in [0.2, 0.25) is 0 Å². The molecule has 0 saturated heterocycles. The van der Waals surface area contributed by atoms with Crippen LogP contribution in [0.1, 0.15) is 41.6 Å². The van der Waals surface area contributed by atoms with Gasteiger partial charge in [0.25, 0.3) is 0 Å². The van der Waals surface area contributed by atoms with Gasteiger partial charge >= 0.3 is 0 Å². The van der Waals surface area contributed by atoms with Crippen LogP contribution >= 0.6 is 0 Å². The first-order valence-electron chi connectivity index (χ1n) is 3.62. The highest BCUT2D eigenvalue weighted by atomic mass is 16.1. The predicted molar refractivity (Wildman–Crippen MR) is 45.8 cm³/mol. The van der Waals surface area contributed by atoms with E-state index >= 15 is 0 Å². The maximum Gasteiger partial charge on any atom is 0.169 e. The van der Waals surface area contributed by atoms with Crippen LogP contribution in [0.15, 0.2) is 6.20 Å². The van der Waals surface area contributed by atoms with Crippen LogP contribution in [-0.2, 0) is 0 Å². The van der Waals surface area contributed by atoms with Gasteiger partial charge in [-0.15, -0.1) is 0 Å². The van der Waals surface area contributed by atoms with Crippen LogP contribution in [0.2, 0.25) is 0 Å². The lowest BCUT2D eigenvalue weighted by Crippen LogP contribution is -2.04. The summed E-state index contributed by atoms with van der Waals surface area (Å²) in [5.74, 6) is 0. The highest BCUT2D eigenvalue weighted by molar-refractivity contribution is 6.02. The summed E-state index contributed by atoms with van der Waals surface area (Å²) in [5, 5.41) is 0. The van der Waals surface area contributed by atoms with Gasteiger partial charge in [0, 0.05) is 17.3 Å². The molecule has 0 unspecified atom stereocenters. The molecule has 0 amide bonds. The molecule has 0 fully saturated rings. The van der Waals surface area contributed by atoms with Crippen molar-refractivity contribution in [2.45, 2.75) is 0 Å². The topological polar surface area (TPSA) is 81.2 Å². The van der Waals surface area contributed by atoms with Crippen molar-refractivity contribution in [1.29, 1.82) is 0 Å². The van der Waals surface area contributed by atoms with E-state index in [1.165, 1.54) is 0 Å². The molecule has 0 aliphatic rings. The van der Waals surface area contributed by atoms with Crippen molar-refractivity contribution < 1.29 is 19.2 Å². The fourth-order valence-corrected chi connectivity index (χ4v) is 1.01. The fourth-order valence-electron chi connectivity index (χ4n) is 1.01. The number of hydrogen-bond donors (Lipinski definition) is 0. The second kappa shape index (κ2) is 4.18. The average molecular weight is 191 g/mol. The van der Waals surface area contributed by atoms with Gasteiger partial charge in [0.05, 0.1) is 5.56 Å². The number of pyridine rings is 1. The Labute approximate surface area is 78.8 Å². The van der Waals surface area contributed by atoms with E-state index in [4.69, 9.17) is 0 Å². The van der Waals surface area contributed by atoms with Gasteiger partial charge in [0.15, 0.2) is 25.1 Å². The van der Waals surface area contributed by atoms with Crippen LogP contribution in [0.25, 0.3) is 0 Å². The smallest absolute Gasteiger partial charge is 0.169 e. The predicted octanol–water partition coefficient (Wildman–Crippen LogP) is 0.332. The molecule has 70 valence electrons. The van der Waals surface area contributed by atoms with Crippen molar-refractivity contribution in [3.8, 4) is 0 Å². The summed E-state index contributed by atoms with van der Waals surface area (Å²) in [5.41, 5.74) is -0.410. The Morgan fingerprint density at radius 1 is 0.857 bits per heavy atom. The molecule has 5 heteroatoms. The largest absolute Gasteiger partial charge is 0.298 e. The molecule has 0 bridgehead atoms. The minimum absolute atomic E-state index is 0.00676. The highest BCUT2D eigenvalue weighted by Crippen LogP contribution is 2.10. The molecule has 1 heterocycles. The number of rotatable bonds is 4. The third-order valence-corrected chi connectivity index (χ3v) is 1.69. The Bertz CT molecular complexity index is 373. The van der Waals surface area contributed by atoms with E-state index in [1.54, 1.807) is 0 Å².